The lowest BCUT2D eigenvalue weighted by molar-refractivity contribution is 0.0738. The molecule has 0 radical (unpaired) electrons. The molecule has 1 rings (SSSR count). The molecule has 6 heteroatoms. The van der Waals surface area contributed by atoms with Crippen LogP contribution in [0.3, 0.4) is 0 Å². The fourth-order valence-electron chi connectivity index (χ4n) is 4.40. The third kappa shape index (κ3) is 6.24. The molecule has 0 saturated carbocycles. The van der Waals surface area contributed by atoms with Gasteiger partial charge in [-0.3, -0.25) is 0 Å². The SMILES string of the molecule is C=CC[Si](C)(C)C1=C(C[Si](OCC)(OCC)OCC)C=CC1[Si](C)(C)CC=C. The fraction of sp³-hybridized carbons (Fsp3) is 0.636. The summed E-state index contributed by atoms with van der Waals surface area (Å²) in [6.07, 6.45) is 9.03. The van der Waals surface area contributed by atoms with E-state index in [1.807, 2.05) is 20.8 Å². The lowest BCUT2D eigenvalue weighted by atomic mass is 10.3. The van der Waals surface area contributed by atoms with Gasteiger partial charge in [-0.15, -0.1) is 13.2 Å². The lowest BCUT2D eigenvalue weighted by Gasteiger charge is -2.38. The van der Waals surface area contributed by atoms with Crippen LogP contribution >= 0.6 is 0 Å². The normalized spacial score (nSPS) is 18.0. The van der Waals surface area contributed by atoms with E-state index in [0.29, 0.717) is 25.4 Å². The van der Waals surface area contributed by atoms with Crippen LogP contribution in [-0.2, 0) is 13.3 Å². The Hall–Kier alpha value is -0.509. The maximum atomic E-state index is 6.18. The molecule has 0 fully saturated rings. The first-order valence-corrected chi connectivity index (χ1v) is 19.1. The second kappa shape index (κ2) is 11.0. The van der Waals surface area contributed by atoms with Gasteiger partial charge in [-0.05, 0) is 44.0 Å². The van der Waals surface area contributed by atoms with Crippen LogP contribution in [0.5, 0.6) is 0 Å². The zero-order valence-corrected chi connectivity index (χ0v) is 22.3. The van der Waals surface area contributed by atoms with E-state index in [0.717, 1.165) is 18.1 Å². The van der Waals surface area contributed by atoms with Crippen molar-refractivity contribution in [2.45, 2.75) is 70.6 Å². The second-order valence-electron chi connectivity index (χ2n) is 8.79. The van der Waals surface area contributed by atoms with E-state index >= 15 is 0 Å². The Bertz CT molecular complexity index is 577. The van der Waals surface area contributed by atoms with Crippen molar-refractivity contribution in [1.82, 2.24) is 0 Å². The van der Waals surface area contributed by atoms with Crippen LogP contribution in [-0.4, -0.2) is 44.8 Å². The zero-order chi connectivity index (χ0) is 21.4. The molecule has 0 aromatic rings. The van der Waals surface area contributed by atoms with Crippen molar-refractivity contribution in [3.8, 4) is 0 Å². The predicted octanol–water partition coefficient (Wildman–Crippen LogP) is 6.60. The first kappa shape index (κ1) is 25.5. The Morgan fingerprint density at radius 3 is 1.82 bits per heavy atom. The minimum Gasteiger partial charge on any atom is -0.374 e. The van der Waals surface area contributed by atoms with E-state index in [1.54, 1.807) is 5.20 Å². The highest BCUT2D eigenvalue weighted by molar-refractivity contribution is 6.90. The van der Waals surface area contributed by atoms with Gasteiger partial charge >= 0.3 is 8.80 Å². The number of hydrogen-bond donors (Lipinski definition) is 0. The van der Waals surface area contributed by atoms with Crippen molar-refractivity contribution in [3.05, 3.63) is 48.2 Å². The summed E-state index contributed by atoms with van der Waals surface area (Å²) in [5.74, 6) is 0. The summed E-state index contributed by atoms with van der Waals surface area (Å²) < 4.78 is 18.5. The molecular weight excluding hydrogens is 396 g/mol. The molecule has 0 aromatic carbocycles. The Balaban J connectivity index is 3.47. The molecule has 0 aromatic heterocycles. The molecule has 3 nitrogen and oxygen atoms in total. The van der Waals surface area contributed by atoms with Crippen LogP contribution in [0.15, 0.2) is 48.2 Å². The van der Waals surface area contributed by atoms with Crippen molar-refractivity contribution in [3.63, 3.8) is 0 Å². The van der Waals surface area contributed by atoms with E-state index in [4.69, 9.17) is 13.3 Å². The van der Waals surface area contributed by atoms with Gasteiger partial charge in [0, 0.05) is 25.9 Å². The predicted molar refractivity (Wildman–Crippen MR) is 130 cm³/mol. The Labute approximate surface area is 176 Å². The van der Waals surface area contributed by atoms with Gasteiger partial charge in [0.25, 0.3) is 0 Å². The molecule has 1 atom stereocenters. The Morgan fingerprint density at radius 1 is 0.893 bits per heavy atom. The third-order valence-corrected chi connectivity index (χ3v) is 15.7. The van der Waals surface area contributed by atoms with E-state index in [9.17, 15) is 0 Å². The standard InChI is InChI=1S/C22H42O3Si3/c1-10-17-26(6,7)21-16-15-20(22(21)27(8,9)18-11-2)19-28(23-12-3,24-13-4)25-14-5/h10-11,15-16,21H,1-2,12-14,17-19H2,3-9H3. The highest BCUT2D eigenvalue weighted by Crippen LogP contribution is 2.47. The van der Waals surface area contributed by atoms with Crippen LogP contribution in [0.1, 0.15) is 20.8 Å². The molecule has 1 aliphatic rings. The fourth-order valence-corrected chi connectivity index (χ4v) is 15.1. The van der Waals surface area contributed by atoms with Crippen LogP contribution in [0.2, 0.25) is 49.9 Å². The third-order valence-electron chi connectivity index (χ3n) is 5.54. The molecule has 28 heavy (non-hydrogen) atoms. The van der Waals surface area contributed by atoms with Crippen molar-refractivity contribution >= 4 is 25.0 Å². The van der Waals surface area contributed by atoms with Crippen molar-refractivity contribution in [1.29, 1.82) is 0 Å². The first-order chi connectivity index (χ1) is 13.1. The first-order valence-electron chi connectivity index (χ1n) is 10.7. The molecule has 1 unspecified atom stereocenters. The van der Waals surface area contributed by atoms with E-state index < -0.39 is 25.0 Å². The van der Waals surface area contributed by atoms with E-state index in [1.165, 1.54) is 5.57 Å². The monoisotopic (exact) mass is 438 g/mol. The number of hydrogen-bond acceptors (Lipinski definition) is 3. The van der Waals surface area contributed by atoms with E-state index in [2.05, 4.69) is 63.6 Å². The highest BCUT2D eigenvalue weighted by Gasteiger charge is 2.47. The Morgan fingerprint density at radius 2 is 1.39 bits per heavy atom. The quantitative estimate of drug-likeness (QED) is 0.226. The largest absolute Gasteiger partial charge is 0.505 e. The smallest absolute Gasteiger partial charge is 0.374 e. The molecule has 0 amide bonds. The van der Waals surface area contributed by atoms with Crippen molar-refractivity contribution < 1.29 is 13.3 Å². The van der Waals surface area contributed by atoms with Crippen LogP contribution in [0, 0.1) is 0 Å². The van der Waals surface area contributed by atoms with Crippen LogP contribution in [0.4, 0.5) is 0 Å². The maximum absolute atomic E-state index is 6.18. The zero-order valence-electron chi connectivity index (χ0n) is 19.3. The molecule has 160 valence electrons. The molecule has 0 N–H and O–H groups in total. The van der Waals surface area contributed by atoms with Crippen LogP contribution in [0.25, 0.3) is 0 Å². The van der Waals surface area contributed by atoms with Gasteiger partial charge in [-0.25, -0.2) is 0 Å². The highest BCUT2D eigenvalue weighted by atomic mass is 28.4. The molecule has 0 spiro atoms. The van der Waals surface area contributed by atoms with E-state index in [-0.39, 0.29) is 0 Å². The molecule has 0 bridgehead atoms. The summed E-state index contributed by atoms with van der Waals surface area (Å²) >= 11 is 0. The second-order valence-corrected chi connectivity index (χ2v) is 21.1. The summed E-state index contributed by atoms with van der Waals surface area (Å²) in [7, 11) is -5.89. The molecule has 1 aliphatic carbocycles. The summed E-state index contributed by atoms with van der Waals surface area (Å²) in [5, 5.41) is 1.67. The topological polar surface area (TPSA) is 27.7 Å². The summed E-state index contributed by atoms with van der Waals surface area (Å²) in [6.45, 7) is 25.9. The van der Waals surface area contributed by atoms with Crippen molar-refractivity contribution in [2.75, 3.05) is 19.8 Å². The van der Waals surface area contributed by atoms with Gasteiger partial charge in [0.1, 0.15) is 0 Å². The Kier molecular flexibility index (Phi) is 10.1. The molecular formula is C22H42O3Si3. The number of allylic oxidation sites excluding steroid dienone is 6. The van der Waals surface area contributed by atoms with Gasteiger partial charge in [0.05, 0.1) is 16.1 Å². The summed E-state index contributed by atoms with van der Waals surface area (Å²) in [5.41, 5.74) is 1.97. The number of rotatable bonds is 14. The van der Waals surface area contributed by atoms with Gasteiger partial charge in [-0.2, -0.15) is 0 Å². The van der Waals surface area contributed by atoms with Gasteiger partial charge in [0.15, 0.2) is 0 Å². The van der Waals surface area contributed by atoms with Gasteiger partial charge < -0.3 is 13.3 Å². The summed E-state index contributed by atoms with van der Waals surface area (Å²) in [4.78, 5) is 0. The van der Waals surface area contributed by atoms with Gasteiger partial charge in [-0.1, -0.05) is 55.7 Å². The minimum absolute atomic E-state index is 0.554. The molecule has 0 saturated heterocycles. The summed E-state index contributed by atoms with van der Waals surface area (Å²) in [6, 6.07) is 2.99. The van der Waals surface area contributed by atoms with Crippen molar-refractivity contribution in [2.24, 2.45) is 0 Å². The van der Waals surface area contributed by atoms with Gasteiger partial charge in [0.2, 0.25) is 0 Å². The van der Waals surface area contributed by atoms with Crippen LogP contribution < -0.4 is 0 Å². The maximum Gasteiger partial charge on any atom is 0.505 e. The average Bonchev–Trinajstić information content (AvgIpc) is 3.00. The molecule has 0 heterocycles. The lowest BCUT2D eigenvalue weighted by Crippen LogP contribution is -2.47. The minimum atomic E-state index is -2.73. The molecule has 0 aliphatic heterocycles. The average molecular weight is 439 g/mol.